The quantitative estimate of drug-likeness (QED) is 0.667. The van der Waals surface area contributed by atoms with Gasteiger partial charge in [0.05, 0.1) is 17.3 Å². The fourth-order valence-electron chi connectivity index (χ4n) is 2.40. The van der Waals surface area contributed by atoms with Crippen molar-refractivity contribution >= 4 is 15.9 Å². The first-order chi connectivity index (χ1) is 11.2. The summed E-state index contributed by atoms with van der Waals surface area (Å²) in [6.45, 7) is 3.16. The summed E-state index contributed by atoms with van der Waals surface area (Å²) >= 11 is 3.53. The van der Waals surface area contributed by atoms with Crippen molar-refractivity contribution in [1.82, 2.24) is 0 Å². The lowest BCUT2D eigenvalue weighted by Gasteiger charge is -2.06. The van der Waals surface area contributed by atoms with E-state index in [-0.39, 0.29) is 0 Å². The summed E-state index contributed by atoms with van der Waals surface area (Å²) in [5.74, 6) is 1.66. The van der Waals surface area contributed by atoms with Gasteiger partial charge < -0.3 is 14.9 Å². The fraction of sp³-hybridized carbons (Fsp3) is 0.158. The Morgan fingerprint density at radius 3 is 2.39 bits per heavy atom. The zero-order chi connectivity index (χ0) is 16.2. The molecule has 0 radical (unpaired) electrons. The SMILES string of the molecule is CCOc1ccc(-c2cc(-c3ccc(CN)cc3)co2)cc1Br. The zero-order valence-electron chi connectivity index (χ0n) is 12.9. The number of ether oxygens (including phenoxy) is 1. The van der Waals surface area contributed by atoms with Crippen LogP contribution in [0.25, 0.3) is 22.5 Å². The maximum atomic E-state index is 5.73. The molecule has 0 aliphatic rings. The number of benzene rings is 2. The first-order valence-electron chi connectivity index (χ1n) is 7.52. The Morgan fingerprint density at radius 2 is 1.74 bits per heavy atom. The topological polar surface area (TPSA) is 48.4 Å². The van der Waals surface area contributed by atoms with Crippen LogP contribution in [0.1, 0.15) is 12.5 Å². The molecule has 3 aromatic rings. The zero-order valence-corrected chi connectivity index (χ0v) is 14.5. The van der Waals surface area contributed by atoms with Crippen molar-refractivity contribution in [2.24, 2.45) is 5.73 Å². The largest absolute Gasteiger partial charge is 0.493 e. The summed E-state index contributed by atoms with van der Waals surface area (Å²) < 4.78 is 12.2. The maximum absolute atomic E-state index is 5.73. The number of furan rings is 1. The Morgan fingerprint density at radius 1 is 1.00 bits per heavy atom. The van der Waals surface area contributed by atoms with Crippen LogP contribution in [-0.2, 0) is 6.54 Å². The van der Waals surface area contributed by atoms with Gasteiger partial charge in [0.2, 0.25) is 0 Å². The van der Waals surface area contributed by atoms with Crippen LogP contribution < -0.4 is 10.5 Å². The maximum Gasteiger partial charge on any atom is 0.134 e. The molecule has 0 amide bonds. The molecule has 0 fully saturated rings. The van der Waals surface area contributed by atoms with E-state index in [0.29, 0.717) is 13.2 Å². The van der Waals surface area contributed by atoms with Crippen molar-refractivity contribution in [3.05, 3.63) is 64.8 Å². The van der Waals surface area contributed by atoms with E-state index in [9.17, 15) is 0 Å². The fourth-order valence-corrected chi connectivity index (χ4v) is 2.89. The van der Waals surface area contributed by atoms with Crippen LogP contribution in [-0.4, -0.2) is 6.61 Å². The van der Waals surface area contributed by atoms with Crippen LogP contribution in [0.3, 0.4) is 0 Å². The van der Waals surface area contributed by atoms with Gasteiger partial charge in [-0.15, -0.1) is 0 Å². The molecule has 0 saturated heterocycles. The molecule has 3 rings (SSSR count). The summed E-state index contributed by atoms with van der Waals surface area (Å²) in [5, 5.41) is 0. The minimum absolute atomic E-state index is 0.553. The molecular formula is C19H18BrNO2. The average molecular weight is 372 g/mol. The van der Waals surface area contributed by atoms with Gasteiger partial charge in [0, 0.05) is 17.7 Å². The number of rotatable bonds is 5. The second-order valence-corrected chi connectivity index (χ2v) is 6.03. The first kappa shape index (κ1) is 15.8. The highest BCUT2D eigenvalue weighted by atomic mass is 79.9. The van der Waals surface area contributed by atoms with Crippen LogP contribution in [0.15, 0.2) is 63.7 Å². The van der Waals surface area contributed by atoms with E-state index in [1.165, 1.54) is 0 Å². The Labute approximate surface area is 144 Å². The van der Waals surface area contributed by atoms with E-state index in [2.05, 4.69) is 28.1 Å². The van der Waals surface area contributed by atoms with Gasteiger partial charge in [0.15, 0.2) is 0 Å². The lowest BCUT2D eigenvalue weighted by molar-refractivity contribution is 0.338. The molecule has 0 unspecified atom stereocenters. The lowest BCUT2D eigenvalue weighted by Crippen LogP contribution is -1.94. The van der Waals surface area contributed by atoms with Crippen LogP contribution in [0, 0.1) is 0 Å². The molecule has 4 heteroatoms. The van der Waals surface area contributed by atoms with Crippen LogP contribution in [0.5, 0.6) is 5.75 Å². The van der Waals surface area contributed by atoms with Gasteiger partial charge in [0.1, 0.15) is 11.5 Å². The molecular weight excluding hydrogens is 354 g/mol. The molecule has 2 N–H and O–H groups in total. The molecule has 23 heavy (non-hydrogen) atoms. The van der Waals surface area contributed by atoms with E-state index in [1.807, 2.05) is 43.3 Å². The Hall–Kier alpha value is -2.04. The van der Waals surface area contributed by atoms with E-state index >= 15 is 0 Å². The molecule has 0 aliphatic heterocycles. The predicted molar refractivity (Wildman–Crippen MR) is 96.3 cm³/mol. The van der Waals surface area contributed by atoms with Crippen molar-refractivity contribution < 1.29 is 9.15 Å². The summed E-state index contributed by atoms with van der Waals surface area (Å²) in [6.07, 6.45) is 1.77. The van der Waals surface area contributed by atoms with Crippen molar-refractivity contribution in [3.8, 4) is 28.2 Å². The molecule has 1 aromatic heterocycles. The lowest BCUT2D eigenvalue weighted by atomic mass is 10.1. The molecule has 0 spiro atoms. The average Bonchev–Trinajstić information content (AvgIpc) is 3.07. The van der Waals surface area contributed by atoms with Crippen LogP contribution >= 0.6 is 15.9 Å². The summed E-state index contributed by atoms with van der Waals surface area (Å²) in [7, 11) is 0. The standard InChI is InChI=1S/C19H18BrNO2/c1-2-22-18-8-7-15(9-17(18)20)19-10-16(12-23-19)14-5-3-13(11-21)4-6-14/h3-10,12H,2,11,21H2,1H3. The van der Waals surface area contributed by atoms with E-state index in [4.69, 9.17) is 14.9 Å². The predicted octanol–water partition coefficient (Wildman–Crippen LogP) is 5.23. The normalized spacial score (nSPS) is 10.7. The van der Waals surface area contributed by atoms with E-state index in [0.717, 1.165) is 38.2 Å². The smallest absolute Gasteiger partial charge is 0.134 e. The second kappa shape index (κ2) is 7.02. The Balaban J connectivity index is 1.87. The Kier molecular flexibility index (Phi) is 4.84. The number of halogens is 1. The van der Waals surface area contributed by atoms with Crippen LogP contribution in [0.4, 0.5) is 0 Å². The molecule has 118 valence electrons. The number of hydrogen-bond acceptors (Lipinski definition) is 3. The van der Waals surface area contributed by atoms with E-state index < -0.39 is 0 Å². The van der Waals surface area contributed by atoms with Gasteiger partial charge in [0.25, 0.3) is 0 Å². The molecule has 3 nitrogen and oxygen atoms in total. The van der Waals surface area contributed by atoms with Gasteiger partial charge in [-0.25, -0.2) is 0 Å². The van der Waals surface area contributed by atoms with Crippen molar-refractivity contribution in [3.63, 3.8) is 0 Å². The van der Waals surface area contributed by atoms with Crippen molar-refractivity contribution in [2.75, 3.05) is 6.61 Å². The summed E-state index contributed by atoms with van der Waals surface area (Å²) in [4.78, 5) is 0. The first-order valence-corrected chi connectivity index (χ1v) is 8.31. The Bertz CT molecular complexity index is 793. The highest BCUT2D eigenvalue weighted by Crippen LogP contribution is 2.33. The molecule has 0 saturated carbocycles. The highest BCUT2D eigenvalue weighted by molar-refractivity contribution is 9.10. The minimum atomic E-state index is 0.553. The third-order valence-corrected chi connectivity index (χ3v) is 4.26. The van der Waals surface area contributed by atoms with Gasteiger partial charge in [-0.1, -0.05) is 24.3 Å². The van der Waals surface area contributed by atoms with Crippen molar-refractivity contribution in [1.29, 1.82) is 0 Å². The van der Waals surface area contributed by atoms with Gasteiger partial charge >= 0.3 is 0 Å². The molecule has 0 bridgehead atoms. The minimum Gasteiger partial charge on any atom is -0.493 e. The third-order valence-electron chi connectivity index (χ3n) is 3.64. The summed E-state index contributed by atoms with van der Waals surface area (Å²) in [6, 6.07) is 16.2. The van der Waals surface area contributed by atoms with Gasteiger partial charge in [-0.05, 0) is 58.2 Å². The number of nitrogens with two attached hydrogens (primary N) is 1. The van der Waals surface area contributed by atoms with Gasteiger partial charge in [-0.3, -0.25) is 0 Å². The monoisotopic (exact) mass is 371 g/mol. The molecule has 2 aromatic carbocycles. The second-order valence-electron chi connectivity index (χ2n) is 5.18. The highest BCUT2D eigenvalue weighted by Gasteiger charge is 2.09. The van der Waals surface area contributed by atoms with E-state index in [1.54, 1.807) is 6.26 Å². The van der Waals surface area contributed by atoms with Gasteiger partial charge in [-0.2, -0.15) is 0 Å². The molecule has 0 aliphatic carbocycles. The third kappa shape index (κ3) is 3.49. The number of hydrogen-bond donors (Lipinski definition) is 1. The molecule has 1 heterocycles. The van der Waals surface area contributed by atoms with Crippen LogP contribution in [0.2, 0.25) is 0 Å². The molecule has 0 atom stereocenters. The summed E-state index contributed by atoms with van der Waals surface area (Å²) in [5.41, 5.74) is 9.92. The van der Waals surface area contributed by atoms with Crippen molar-refractivity contribution in [2.45, 2.75) is 13.5 Å².